The van der Waals surface area contributed by atoms with Crippen molar-refractivity contribution in [3.05, 3.63) is 166 Å². The Morgan fingerprint density at radius 1 is 0.825 bits per heavy atom. The number of aliphatic hydroxyl groups is 1. The number of rotatable bonds is 11. The molecule has 0 spiro atoms. The molecule has 5 aromatic carbocycles. The Hall–Kier alpha value is -6.05. The number of ether oxygens (including phenoxy) is 2. The molecule has 6 aromatic rings. The number of aromatic nitrogens is 2. The first-order valence-electron chi connectivity index (χ1n) is 19.2. The topological polar surface area (TPSA) is 143 Å². The van der Waals surface area contributed by atoms with Crippen LogP contribution in [0.25, 0.3) is 22.2 Å². The fourth-order valence-electron chi connectivity index (χ4n) is 7.62. The highest BCUT2D eigenvalue weighted by Gasteiger charge is 2.39. The minimum absolute atomic E-state index is 0.0267. The van der Waals surface area contributed by atoms with Crippen LogP contribution in [0.4, 0.5) is 11.4 Å². The summed E-state index contributed by atoms with van der Waals surface area (Å²) in [5.74, 6) is -0.257. The molecule has 2 saturated heterocycles. The maximum atomic E-state index is 13.0. The molecule has 0 saturated carbocycles. The third kappa shape index (κ3) is 8.69. The van der Waals surface area contributed by atoms with Crippen LogP contribution in [-0.2, 0) is 22.6 Å². The second kappa shape index (κ2) is 17.0. The van der Waals surface area contributed by atoms with Gasteiger partial charge in [-0.15, -0.1) is 0 Å². The zero-order valence-electron chi connectivity index (χ0n) is 31.6. The van der Waals surface area contributed by atoms with Gasteiger partial charge in [-0.05, 0) is 64.2 Å². The van der Waals surface area contributed by atoms with Gasteiger partial charge < -0.3 is 24.8 Å². The Morgan fingerprint density at radius 2 is 1.54 bits per heavy atom. The molecule has 4 unspecified atom stereocenters. The van der Waals surface area contributed by atoms with Crippen molar-refractivity contribution < 1.29 is 24.3 Å². The van der Waals surface area contributed by atoms with Crippen LogP contribution in [0.1, 0.15) is 52.1 Å². The number of hydrogen-bond acceptors (Lipinski definition) is 10. The molecule has 290 valence electrons. The average Bonchev–Trinajstić information content (AvgIpc) is 3.26. The number of nitrogens with one attached hydrogen (secondary N) is 1. The lowest BCUT2D eigenvalue weighted by Gasteiger charge is -2.44. The minimum atomic E-state index is -0.624. The maximum absolute atomic E-state index is 13.0. The summed E-state index contributed by atoms with van der Waals surface area (Å²) in [5.41, 5.74) is 8.45. The van der Waals surface area contributed by atoms with Gasteiger partial charge in [0.25, 0.3) is 11.6 Å². The monoisotopic (exact) mass is 764 g/mol. The van der Waals surface area contributed by atoms with Crippen LogP contribution in [0.5, 0.6) is 0 Å². The molecule has 12 nitrogen and oxygen atoms in total. The molecule has 0 aliphatic carbocycles. The van der Waals surface area contributed by atoms with Crippen LogP contribution in [0.2, 0.25) is 0 Å². The summed E-state index contributed by atoms with van der Waals surface area (Å²) < 4.78 is 13.6. The number of carbonyl (C=O) groups excluding carboxylic acids is 1. The maximum Gasteiger partial charge on any atom is 0.271 e. The van der Waals surface area contributed by atoms with E-state index in [0.717, 1.165) is 77.3 Å². The van der Waals surface area contributed by atoms with Crippen LogP contribution >= 0.6 is 0 Å². The number of piperazine rings is 1. The number of amides is 1. The van der Waals surface area contributed by atoms with E-state index in [1.807, 2.05) is 84.9 Å². The van der Waals surface area contributed by atoms with Crippen molar-refractivity contribution >= 4 is 28.3 Å². The van der Waals surface area contributed by atoms with E-state index in [9.17, 15) is 20.0 Å². The molecule has 3 heterocycles. The molecule has 4 atom stereocenters. The Balaban J connectivity index is 0.972. The molecule has 2 aliphatic rings. The standard InChI is InChI=1S/C45H44N6O6/c1-30-42(28-49-20-22-50(23-21-49)37-16-18-38(19-17-37)51(54)55)56-45(57-43(30)33-14-12-31(29-52)13-15-33)36-9-5-8-35(25-36)34-7-4-6-32(24-34)26-47-44(53)41-27-46-39-10-2-3-11-40(39)48-41/h2-19,24-25,27,30,42-43,45,52H,20-23,26,28-29H2,1H3,(H,47,53). The average molecular weight is 765 g/mol. The molecular formula is C45H44N6O6. The first kappa shape index (κ1) is 37.9. The molecule has 0 bridgehead atoms. The van der Waals surface area contributed by atoms with Crippen LogP contribution in [0, 0.1) is 16.0 Å². The highest BCUT2D eigenvalue weighted by molar-refractivity contribution is 5.93. The second-order valence-corrected chi connectivity index (χ2v) is 14.6. The number of fused-ring (bicyclic) bond motifs is 1. The molecule has 57 heavy (non-hydrogen) atoms. The molecule has 2 N–H and O–H groups in total. The minimum Gasteiger partial charge on any atom is -0.392 e. The fraction of sp³-hybridized carbons (Fsp3) is 0.267. The molecule has 8 rings (SSSR count). The lowest BCUT2D eigenvalue weighted by Crippen LogP contribution is -2.51. The van der Waals surface area contributed by atoms with Gasteiger partial charge in [-0.3, -0.25) is 24.8 Å². The van der Waals surface area contributed by atoms with E-state index in [2.05, 4.69) is 56.3 Å². The van der Waals surface area contributed by atoms with Crippen molar-refractivity contribution in [2.45, 2.75) is 38.6 Å². The van der Waals surface area contributed by atoms with Gasteiger partial charge in [0, 0.05) is 68.6 Å². The predicted molar refractivity (Wildman–Crippen MR) is 217 cm³/mol. The smallest absolute Gasteiger partial charge is 0.271 e. The van der Waals surface area contributed by atoms with E-state index in [0.29, 0.717) is 12.1 Å². The third-order valence-corrected chi connectivity index (χ3v) is 10.9. The van der Waals surface area contributed by atoms with Gasteiger partial charge in [0.05, 0.1) is 41.0 Å². The number of hydrogen-bond donors (Lipinski definition) is 2. The second-order valence-electron chi connectivity index (χ2n) is 14.6. The molecule has 1 amide bonds. The number of aliphatic hydroxyl groups excluding tert-OH is 1. The van der Waals surface area contributed by atoms with E-state index >= 15 is 0 Å². The lowest BCUT2D eigenvalue weighted by atomic mass is 9.89. The Morgan fingerprint density at radius 3 is 2.28 bits per heavy atom. The number of anilines is 1. The predicted octanol–water partition coefficient (Wildman–Crippen LogP) is 7.24. The van der Waals surface area contributed by atoms with Crippen molar-refractivity contribution in [1.29, 1.82) is 0 Å². The van der Waals surface area contributed by atoms with E-state index in [-0.39, 0.29) is 46.9 Å². The van der Waals surface area contributed by atoms with Crippen LogP contribution in [0.15, 0.2) is 128 Å². The fourth-order valence-corrected chi connectivity index (χ4v) is 7.62. The highest BCUT2D eigenvalue weighted by Crippen LogP contribution is 2.42. The first-order chi connectivity index (χ1) is 27.8. The summed E-state index contributed by atoms with van der Waals surface area (Å²) in [6.45, 7) is 6.44. The largest absolute Gasteiger partial charge is 0.392 e. The van der Waals surface area contributed by atoms with Gasteiger partial charge in [-0.2, -0.15) is 0 Å². The van der Waals surface area contributed by atoms with Crippen molar-refractivity contribution in [3.8, 4) is 11.1 Å². The summed E-state index contributed by atoms with van der Waals surface area (Å²) >= 11 is 0. The Labute approximate surface area is 330 Å². The van der Waals surface area contributed by atoms with Crippen molar-refractivity contribution in [3.63, 3.8) is 0 Å². The molecule has 1 aromatic heterocycles. The first-order valence-corrected chi connectivity index (χ1v) is 19.2. The summed E-state index contributed by atoms with van der Waals surface area (Å²) in [4.78, 5) is 37.3. The number of nitro groups is 1. The van der Waals surface area contributed by atoms with Gasteiger partial charge in [-0.1, -0.05) is 79.7 Å². The molecular weight excluding hydrogens is 721 g/mol. The van der Waals surface area contributed by atoms with Crippen LogP contribution in [0.3, 0.4) is 0 Å². The Bertz CT molecular complexity index is 2350. The van der Waals surface area contributed by atoms with Gasteiger partial charge in [0.1, 0.15) is 5.69 Å². The van der Waals surface area contributed by atoms with Gasteiger partial charge >= 0.3 is 0 Å². The normalized spacial score (nSPS) is 20.0. The summed E-state index contributed by atoms with van der Waals surface area (Å²) in [7, 11) is 0. The van der Waals surface area contributed by atoms with E-state index in [1.54, 1.807) is 12.1 Å². The molecule has 12 heteroatoms. The Kier molecular flexibility index (Phi) is 11.3. The quantitative estimate of drug-likeness (QED) is 0.102. The number of nitrogens with zero attached hydrogens (tertiary/aromatic N) is 5. The van der Waals surface area contributed by atoms with E-state index in [1.165, 1.54) is 6.20 Å². The zero-order chi connectivity index (χ0) is 39.3. The van der Waals surface area contributed by atoms with E-state index < -0.39 is 6.29 Å². The van der Waals surface area contributed by atoms with Crippen LogP contribution < -0.4 is 10.2 Å². The van der Waals surface area contributed by atoms with Crippen molar-refractivity contribution in [1.82, 2.24) is 20.2 Å². The van der Waals surface area contributed by atoms with E-state index in [4.69, 9.17) is 9.47 Å². The van der Waals surface area contributed by atoms with Gasteiger partial charge in [0.2, 0.25) is 0 Å². The summed E-state index contributed by atoms with van der Waals surface area (Å²) in [6, 6.07) is 38.5. The van der Waals surface area contributed by atoms with Crippen molar-refractivity contribution in [2.75, 3.05) is 37.6 Å². The molecule has 0 radical (unpaired) electrons. The lowest BCUT2D eigenvalue weighted by molar-refractivity contribution is -0.384. The molecule has 2 fully saturated rings. The SMILES string of the molecule is CC1C(CN2CCN(c3ccc([N+](=O)[O-])cc3)CC2)OC(c2cccc(-c3cccc(CNC(=O)c4cnc5ccccc5n4)c3)c2)OC1c1ccc(CO)cc1. The number of benzene rings is 5. The van der Waals surface area contributed by atoms with Gasteiger partial charge in [0.15, 0.2) is 6.29 Å². The number of para-hydroxylation sites is 2. The zero-order valence-corrected chi connectivity index (χ0v) is 31.6. The van der Waals surface area contributed by atoms with Crippen LogP contribution in [-0.4, -0.2) is 69.6 Å². The molecule has 2 aliphatic heterocycles. The number of non-ortho nitro benzene ring substituents is 1. The van der Waals surface area contributed by atoms with Gasteiger partial charge in [-0.25, -0.2) is 4.98 Å². The number of nitro benzene ring substituents is 1. The summed E-state index contributed by atoms with van der Waals surface area (Å²) in [5, 5.41) is 23.8. The number of carbonyl (C=O) groups is 1. The highest BCUT2D eigenvalue weighted by atomic mass is 16.7. The van der Waals surface area contributed by atoms with Crippen molar-refractivity contribution in [2.24, 2.45) is 5.92 Å². The summed E-state index contributed by atoms with van der Waals surface area (Å²) in [6.07, 6.45) is 0.492. The third-order valence-electron chi connectivity index (χ3n) is 10.9.